The monoisotopic (exact) mass is 351 g/mol. The highest BCUT2D eigenvalue weighted by Gasteiger charge is 2.10. The molecular formula is C10H11Br2NO3. The Morgan fingerprint density at radius 1 is 1.38 bits per heavy atom. The predicted molar refractivity (Wildman–Crippen MR) is 67.2 cm³/mol. The number of rotatable bonds is 4. The summed E-state index contributed by atoms with van der Waals surface area (Å²) in [5.74, 6) is 0.129. The normalized spacial score (nSPS) is 10.0. The van der Waals surface area contributed by atoms with Gasteiger partial charge in [0.05, 0.1) is 16.1 Å². The van der Waals surface area contributed by atoms with Gasteiger partial charge in [-0.3, -0.25) is 0 Å². The SMILES string of the molecule is COC(=O)COc1c(Br)cc(CN)cc1Br. The lowest BCUT2D eigenvalue weighted by Gasteiger charge is -2.10. The van der Waals surface area contributed by atoms with Gasteiger partial charge >= 0.3 is 5.97 Å². The second kappa shape index (κ2) is 6.22. The van der Waals surface area contributed by atoms with Crippen molar-refractivity contribution in [1.29, 1.82) is 0 Å². The molecule has 0 unspecified atom stereocenters. The summed E-state index contributed by atoms with van der Waals surface area (Å²) in [7, 11) is 1.31. The first-order chi connectivity index (χ1) is 7.58. The van der Waals surface area contributed by atoms with Gasteiger partial charge in [0.25, 0.3) is 0 Å². The summed E-state index contributed by atoms with van der Waals surface area (Å²) in [6.07, 6.45) is 0. The van der Waals surface area contributed by atoms with E-state index in [4.69, 9.17) is 10.5 Å². The van der Waals surface area contributed by atoms with Crippen LogP contribution >= 0.6 is 31.9 Å². The zero-order chi connectivity index (χ0) is 12.1. The molecule has 0 saturated heterocycles. The van der Waals surface area contributed by atoms with Crippen molar-refractivity contribution in [3.8, 4) is 5.75 Å². The lowest BCUT2D eigenvalue weighted by atomic mass is 10.2. The Hall–Kier alpha value is -0.590. The van der Waals surface area contributed by atoms with Crippen molar-refractivity contribution in [2.75, 3.05) is 13.7 Å². The molecule has 1 rings (SSSR count). The predicted octanol–water partition coefficient (Wildman–Crippen LogP) is 2.22. The van der Waals surface area contributed by atoms with E-state index < -0.39 is 5.97 Å². The van der Waals surface area contributed by atoms with E-state index in [1.807, 2.05) is 12.1 Å². The van der Waals surface area contributed by atoms with Gasteiger partial charge in [-0.1, -0.05) is 0 Å². The Labute approximate surface area is 110 Å². The first-order valence-electron chi connectivity index (χ1n) is 4.46. The topological polar surface area (TPSA) is 61.5 Å². The molecule has 88 valence electrons. The minimum absolute atomic E-state index is 0.129. The summed E-state index contributed by atoms with van der Waals surface area (Å²) in [4.78, 5) is 10.9. The lowest BCUT2D eigenvalue weighted by molar-refractivity contribution is -0.142. The molecule has 0 amide bonds. The molecule has 1 aromatic rings. The van der Waals surface area contributed by atoms with E-state index in [0.717, 1.165) is 14.5 Å². The summed E-state index contributed by atoms with van der Waals surface area (Å²) in [5.41, 5.74) is 6.49. The quantitative estimate of drug-likeness (QED) is 0.844. The van der Waals surface area contributed by atoms with Gasteiger partial charge in [-0.2, -0.15) is 0 Å². The number of esters is 1. The standard InChI is InChI=1S/C10H11Br2NO3/c1-15-9(14)5-16-10-7(11)2-6(4-13)3-8(10)12/h2-3H,4-5,13H2,1H3. The fraction of sp³-hybridized carbons (Fsp3) is 0.300. The summed E-state index contributed by atoms with van der Waals surface area (Å²) >= 11 is 6.70. The fourth-order valence-electron chi connectivity index (χ4n) is 1.06. The van der Waals surface area contributed by atoms with E-state index in [0.29, 0.717) is 12.3 Å². The van der Waals surface area contributed by atoms with Gasteiger partial charge in [0.2, 0.25) is 0 Å². The molecule has 1 aromatic carbocycles. The Bertz CT molecular complexity index is 373. The molecule has 0 spiro atoms. The van der Waals surface area contributed by atoms with E-state index in [1.54, 1.807) is 0 Å². The number of benzene rings is 1. The molecule has 0 bridgehead atoms. The van der Waals surface area contributed by atoms with Crippen molar-refractivity contribution in [3.05, 3.63) is 26.6 Å². The second-order valence-electron chi connectivity index (χ2n) is 2.96. The molecule has 0 aromatic heterocycles. The number of ether oxygens (including phenoxy) is 2. The number of halogens is 2. The van der Waals surface area contributed by atoms with E-state index in [-0.39, 0.29) is 6.61 Å². The molecule has 0 fully saturated rings. The summed E-state index contributed by atoms with van der Waals surface area (Å²) in [6, 6.07) is 3.69. The minimum atomic E-state index is -0.429. The zero-order valence-corrected chi connectivity index (χ0v) is 11.8. The summed E-state index contributed by atoms with van der Waals surface area (Å²) in [5, 5.41) is 0. The lowest BCUT2D eigenvalue weighted by Crippen LogP contribution is -2.13. The van der Waals surface area contributed by atoms with Crippen molar-refractivity contribution in [2.45, 2.75) is 6.54 Å². The maximum absolute atomic E-state index is 10.9. The zero-order valence-electron chi connectivity index (χ0n) is 8.63. The van der Waals surface area contributed by atoms with Crippen LogP contribution in [0, 0.1) is 0 Å². The van der Waals surface area contributed by atoms with Crippen LogP contribution < -0.4 is 10.5 Å². The molecule has 4 nitrogen and oxygen atoms in total. The van der Waals surface area contributed by atoms with Crippen molar-refractivity contribution in [3.63, 3.8) is 0 Å². The molecule has 0 radical (unpaired) electrons. The minimum Gasteiger partial charge on any atom is -0.480 e. The summed E-state index contributed by atoms with van der Waals surface area (Å²) in [6.45, 7) is 0.310. The van der Waals surface area contributed by atoms with Crippen LogP contribution in [0.15, 0.2) is 21.1 Å². The average Bonchev–Trinajstić information content (AvgIpc) is 2.27. The van der Waals surface area contributed by atoms with Gasteiger partial charge in [0.1, 0.15) is 5.75 Å². The van der Waals surface area contributed by atoms with Crippen molar-refractivity contribution < 1.29 is 14.3 Å². The molecule has 0 heterocycles. The van der Waals surface area contributed by atoms with Crippen molar-refractivity contribution in [2.24, 2.45) is 5.73 Å². The highest BCUT2D eigenvalue weighted by Crippen LogP contribution is 2.34. The number of hydrogen-bond donors (Lipinski definition) is 1. The second-order valence-corrected chi connectivity index (χ2v) is 4.67. The van der Waals surface area contributed by atoms with Gasteiger partial charge in [0, 0.05) is 6.54 Å². The Kier molecular flexibility index (Phi) is 5.24. The van der Waals surface area contributed by atoms with Gasteiger partial charge < -0.3 is 15.2 Å². The van der Waals surface area contributed by atoms with Crippen LogP contribution in [0.5, 0.6) is 5.75 Å². The van der Waals surface area contributed by atoms with Crippen LogP contribution in [0.2, 0.25) is 0 Å². The van der Waals surface area contributed by atoms with Crippen LogP contribution in [0.1, 0.15) is 5.56 Å². The molecule has 0 aliphatic carbocycles. The molecular weight excluding hydrogens is 342 g/mol. The third-order valence-corrected chi connectivity index (χ3v) is 3.03. The maximum atomic E-state index is 10.9. The molecule has 0 aliphatic rings. The molecule has 0 saturated carbocycles. The van der Waals surface area contributed by atoms with E-state index in [1.165, 1.54) is 7.11 Å². The highest BCUT2D eigenvalue weighted by atomic mass is 79.9. The average molecular weight is 353 g/mol. The van der Waals surface area contributed by atoms with Crippen LogP contribution in [0.3, 0.4) is 0 Å². The molecule has 2 N–H and O–H groups in total. The molecule has 0 atom stereocenters. The number of carbonyl (C=O) groups is 1. The fourth-order valence-corrected chi connectivity index (χ4v) is 2.57. The summed E-state index contributed by atoms with van der Waals surface area (Å²) < 4.78 is 11.3. The Balaban J connectivity index is 2.84. The van der Waals surface area contributed by atoms with Gasteiger partial charge in [-0.15, -0.1) is 0 Å². The van der Waals surface area contributed by atoms with Gasteiger partial charge in [-0.05, 0) is 49.6 Å². The Morgan fingerprint density at radius 2 is 1.94 bits per heavy atom. The maximum Gasteiger partial charge on any atom is 0.343 e. The van der Waals surface area contributed by atoms with E-state index >= 15 is 0 Å². The molecule has 0 aliphatic heterocycles. The molecule has 16 heavy (non-hydrogen) atoms. The number of methoxy groups -OCH3 is 1. The van der Waals surface area contributed by atoms with Crippen LogP contribution in [0.4, 0.5) is 0 Å². The third kappa shape index (κ3) is 3.47. The largest absolute Gasteiger partial charge is 0.480 e. The van der Waals surface area contributed by atoms with Gasteiger partial charge in [0.15, 0.2) is 6.61 Å². The first kappa shape index (κ1) is 13.5. The van der Waals surface area contributed by atoms with Crippen molar-refractivity contribution >= 4 is 37.8 Å². The first-order valence-corrected chi connectivity index (χ1v) is 6.04. The van der Waals surface area contributed by atoms with E-state index in [2.05, 4.69) is 36.6 Å². The van der Waals surface area contributed by atoms with Crippen LogP contribution in [-0.4, -0.2) is 19.7 Å². The van der Waals surface area contributed by atoms with Crippen LogP contribution in [0.25, 0.3) is 0 Å². The number of hydrogen-bond acceptors (Lipinski definition) is 4. The smallest absolute Gasteiger partial charge is 0.343 e. The third-order valence-electron chi connectivity index (χ3n) is 1.86. The Morgan fingerprint density at radius 3 is 2.38 bits per heavy atom. The van der Waals surface area contributed by atoms with Crippen molar-refractivity contribution in [1.82, 2.24) is 0 Å². The van der Waals surface area contributed by atoms with Gasteiger partial charge in [-0.25, -0.2) is 4.79 Å². The van der Waals surface area contributed by atoms with E-state index in [9.17, 15) is 4.79 Å². The molecule has 6 heteroatoms. The number of nitrogens with two attached hydrogens (primary N) is 1. The highest BCUT2D eigenvalue weighted by molar-refractivity contribution is 9.11. The van der Waals surface area contributed by atoms with Crippen LogP contribution in [-0.2, 0) is 16.1 Å². The number of carbonyl (C=O) groups excluding carboxylic acids is 1.